The van der Waals surface area contributed by atoms with Gasteiger partial charge in [-0.1, -0.05) is 25.2 Å². The van der Waals surface area contributed by atoms with Crippen LogP contribution >= 0.6 is 11.3 Å². The molecule has 1 aromatic heterocycles. The highest BCUT2D eigenvalue weighted by molar-refractivity contribution is 7.22. The molecule has 2 amide bonds. The van der Waals surface area contributed by atoms with Crippen LogP contribution in [0.25, 0.3) is 10.2 Å². The zero-order chi connectivity index (χ0) is 19.4. The smallest absolute Gasteiger partial charge is 0.257 e. The van der Waals surface area contributed by atoms with Crippen LogP contribution in [0.4, 0.5) is 10.8 Å². The Balaban J connectivity index is 1.69. The Morgan fingerprint density at radius 2 is 1.85 bits per heavy atom. The number of thiazole rings is 1. The maximum Gasteiger partial charge on any atom is 0.257 e. The van der Waals surface area contributed by atoms with Gasteiger partial charge in [0, 0.05) is 18.2 Å². The highest BCUT2D eigenvalue weighted by atomic mass is 32.1. The second-order valence-electron chi connectivity index (χ2n) is 6.57. The third-order valence-electron chi connectivity index (χ3n) is 3.63. The Kier molecular flexibility index (Phi) is 5.71. The molecule has 27 heavy (non-hydrogen) atoms. The summed E-state index contributed by atoms with van der Waals surface area (Å²) in [6.45, 7) is 6.26. The van der Waals surface area contributed by atoms with E-state index in [1.807, 2.05) is 12.1 Å². The summed E-state index contributed by atoms with van der Waals surface area (Å²) in [6, 6.07) is 12.5. The maximum absolute atomic E-state index is 12.4. The molecule has 0 aliphatic rings. The van der Waals surface area contributed by atoms with Gasteiger partial charge in [-0.05, 0) is 48.4 Å². The number of anilines is 2. The van der Waals surface area contributed by atoms with E-state index in [9.17, 15) is 9.59 Å². The zero-order valence-electron chi connectivity index (χ0n) is 15.4. The summed E-state index contributed by atoms with van der Waals surface area (Å²) < 4.78 is 6.51. The number of aromatic nitrogens is 1. The molecule has 3 aromatic rings. The first-order chi connectivity index (χ1) is 12.9. The predicted molar refractivity (Wildman–Crippen MR) is 109 cm³/mol. The van der Waals surface area contributed by atoms with Gasteiger partial charge in [0.05, 0.1) is 16.8 Å². The number of nitrogens with one attached hydrogen (secondary N) is 2. The molecule has 0 atom stereocenters. The van der Waals surface area contributed by atoms with Crippen LogP contribution in [0.2, 0.25) is 0 Å². The zero-order valence-corrected chi connectivity index (χ0v) is 16.2. The van der Waals surface area contributed by atoms with Gasteiger partial charge in [-0.2, -0.15) is 0 Å². The van der Waals surface area contributed by atoms with E-state index in [-0.39, 0.29) is 11.8 Å². The molecule has 0 aliphatic carbocycles. The number of hydrogen-bond donors (Lipinski definition) is 2. The van der Waals surface area contributed by atoms with Crippen molar-refractivity contribution in [3.05, 3.63) is 48.0 Å². The molecule has 0 saturated heterocycles. The minimum atomic E-state index is -0.230. The Hall–Kier alpha value is -2.93. The monoisotopic (exact) mass is 383 g/mol. The van der Waals surface area contributed by atoms with Gasteiger partial charge < -0.3 is 10.1 Å². The van der Waals surface area contributed by atoms with Crippen LogP contribution in [0.15, 0.2) is 42.5 Å². The molecule has 6 nitrogen and oxygen atoms in total. The van der Waals surface area contributed by atoms with Crippen LogP contribution in [-0.2, 0) is 4.79 Å². The normalized spacial score (nSPS) is 10.8. The van der Waals surface area contributed by atoms with Gasteiger partial charge >= 0.3 is 0 Å². The average molecular weight is 383 g/mol. The van der Waals surface area contributed by atoms with E-state index < -0.39 is 0 Å². The van der Waals surface area contributed by atoms with Crippen molar-refractivity contribution in [2.75, 3.05) is 17.2 Å². The van der Waals surface area contributed by atoms with Crippen LogP contribution in [-0.4, -0.2) is 23.4 Å². The topological polar surface area (TPSA) is 80.3 Å². The summed E-state index contributed by atoms with van der Waals surface area (Å²) in [5, 5.41) is 6.06. The van der Waals surface area contributed by atoms with E-state index in [4.69, 9.17) is 4.74 Å². The molecule has 3 rings (SSSR count). The molecule has 7 heteroatoms. The molecular formula is C20H21N3O3S. The van der Waals surface area contributed by atoms with E-state index in [2.05, 4.69) is 29.5 Å². The number of benzene rings is 2. The molecule has 2 aromatic carbocycles. The highest BCUT2D eigenvalue weighted by Gasteiger charge is 2.11. The molecular weight excluding hydrogens is 362 g/mol. The van der Waals surface area contributed by atoms with Gasteiger partial charge in [0.25, 0.3) is 5.91 Å². The largest absolute Gasteiger partial charge is 0.493 e. The molecule has 0 saturated carbocycles. The maximum atomic E-state index is 12.4. The van der Waals surface area contributed by atoms with Crippen LogP contribution in [0.1, 0.15) is 31.1 Å². The highest BCUT2D eigenvalue weighted by Crippen LogP contribution is 2.28. The second-order valence-corrected chi connectivity index (χ2v) is 7.60. The lowest BCUT2D eigenvalue weighted by atomic mass is 10.2. The van der Waals surface area contributed by atoms with Gasteiger partial charge in [0.2, 0.25) is 5.91 Å². The Bertz CT molecular complexity index is 964. The van der Waals surface area contributed by atoms with Crippen molar-refractivity contribution in [1.82, 2.24) is 4.98 Å². The molecule has 1 heterocycles. The molecule has 140 valence electrons. The lowest BCUT2D eigenvalue weighted by Gasteiger charge is -2.09. The van der Waals surface area contributed by atoms with Gasteiger partial charge in [-0.25, -0.2) is 4.98 Å². The number of hydrogen-bond acceptors (Lipinski definition) is 5. The lowest BCUT2D eigenvalue weighted by Crippen LogP contribution is -2.11. The first-order valence-corrected chi connectivity index (χ1v) is 9.45. The quantitative estimate of drug-likeness (QED) is 0.655. The van der Waals surface area contributed by atoms with Gasteiger partial charge in [-0.15, -0.1) is 0 Å². The minimum absolute atomic E-state index is 0.131. The van der Waals surface area contributed by atoms with Crippen molar-refractivity contribution < 1.29 is 14.3 Å². The van der Waals surface area contributed by atoms with Crippen LogP contribution in [0.5, 0.6) is 5.75 Å². The molecule has 0 radical (unpaired) electrons. The van der Waals surface area contributed by atoms with Crippen LogP contribution in [0.3, 0.4) is 0 Å². The Labute approximate surface area is 161 Å². The third kappa shape index (κ3) is 5.04. The van der Waals surface area contributed by atoms with E-state index in [1.54, 1.807) is 30.3 Å². The number of carbonyl (C=O) groups is 2. The summed E-state index contributed by atoms with van der Waals surface area (Å²) in [6.07, 6.45) is 0. The molecule has 2 N–H and O–H groups in total. The van der Waals surface area contributed by atoms with Crippen molar-refractivity contribution in [3.8, 4) is 5.75 Å². The molecule has 0 bridgehead atoms. The molecule has 0 aliphatic heterocycles. The lowest BCUT2D eigenvalue weighted by molar-refractivity contribution is -0.114. The van der Waals surface area contributed by atoms with Gasteiger partial charge in [0.15, 0.2) is 5.13 Å². The van der Waals surface area contributed by atoms with E-state index in [0.29, 0.717) is 28.9 Å². The first-order valence-electron chi connectivity index (χ1n) is 8.63. The minimum Gasteiger partial charge on any atom is -0.493 e. The molecule has 0 unspecified atom stereocenters. The summed E-state index contributed by atoms with van der Waals surface area (Å²) in [5.74, 6) is 0.823. The summed E-state index contributed by atoms with van der Waals surface area (Å²) in [5.41, 5.74) is 2.00. The SMILES string of the molecule is CC(=O)Nc1ccc2nc(NC(=O)c3ccc(OCC(C)C)cc3)sc2c1. The number of nitrogens with zero attached hydrogens (tertiary/aromatic N) is 1. The fourth-order valence-corrected chi connectivity index (χ4v) is 3.29. The Morgan fingerprint density at radius 3 is 2.52 bits per heavy atom. The van der Waals surface area contributed by atoms with E-state index in [1.165, 1.54) is 18.3 Å². The number of rotatable bonds is 6. The first kappa shape index (κ1) is 18.8. The Morgan fingerprint density at radius 1 is 1.11 bits per heavy atom. The number of fused-ring (bicyclic) bond motifs is 1. The summed E-state index contributed by atoms with van der Waals surface area (Å²) in [7, 11) is 0. The number of ether oxygens (including phenoxy) is 1. The van der Waals surface area contributed by atoms with Crippen molar-refractivity contribution in [2.45, 2.75) is 20.8 Å². The summed E-state index contributed by atoms with van der Waals surface area (Å²) >= 11 is 1.36. The van der Waals surface area contributed by atoms with Gasteiger partial charge in [-0.3, -0.25) is 14.9 Å². The summed E-state index contributed by atoms with van der Waals surface area (Å²) in [4.78, 5) is 28.0. The molecule has 0 fully saturated rings. The van der Waals surface area contributed by atoms with Gasteiger partial charge in [0.1, 0.15) is 5.75 Å². The van der Waals surface area contributed by atoms with Crippen molar-refractivity contribution >= 4 is 44.2 Å². The molecule has 0 spiro atoms. The number of amides is 2. The van der Waals surface area contributed by atoms with Crippen molar-refractivity contribution in [3.63, 3.8) is 0 Å². The van der Waals surface area contributed by atoms with Crippen molar-refractivity contribution in [1.29, 1.82) is 0 Å². The van der Waals surface area contributed by atoms with Crippen LogP contribution in [0, 0.1) is 5.92 Å². The van der Waals surface area contributed by atoms with E-state index in [0.717, 1.165) is 16.0 Å². The average Bonchev–Trinajstić information content (AvgIpc) is 3.01. The van der Waals surface area contributed by atoms with Crippen LogP contribution < -0.4 is 15.4 Å². The fraction of sp³-hybridized carbons (Fsp3) is 0.250. The second kappa shape index (κ2) is 8.18. The number of carbonyl (C=O) groups excluding carboxylic acids is 2. The predicted octanol–water partition coefficient (Wildman–Crippen LogP) is 4.54. The van der Waals surface area contributed by atoms with E-state index >= 15 is 0 Å². The fourth-order valence-electron chi connectivity index (χ4n) is 2.39. The van der Waals surface area contributed by atoms with Crippen molar-refractivity contribution in [2.24, 2.45) is 5.92 Å². The third-order valence-corrected chi connectivity index (χ3v) is 4.56. The standard InChI is InChI=1S/C20H21N3O3S/c1-12(2)11-26-16-7-4-14(5-8-16)19(25)23-20-22-17-9-6-15(21-13(3)24)10-18(17)27-20/h4-10,12H,11H2,1-3H3,(H,21,24)(H,22,23,25).